The van der Waals surface area contributed by atoms with Gasteiger partial charge < -0.3 is 14.9 Å². The van der Waals surface area contributed by atoms with E-state index in [0.717, 1.165) is 0 Å². The number of phenols is 1. The molecule has 1 rings (SSSR count). The second-order valence-corrected chi connectivity index (χ2v) is 2.76. The molecule has 0 spiro atoms. The smallest absolute Gasteiger partial charge is 0.153 e. The van der Waals surface area contributed by atoms with Crippen molar-refractivity contribution in [1.29, 1.82) is 0 Å². The molecular formula is C10H12O4. The maximum absolute atomic E-state index is 10.4. The number of phenolic OH excluding ortho intramolecular Hbond substituents is 1. The summed E-state index contributed by atoms with van der Waals surface area (Å²) in [5.41, 5.74) is 0.236. The zero-order valence-corrected chi connectivity index (χ0v) is 7.64. The van der Waals surface area contributed by atoms with Gasteiger partial charge in [0.05, 0.1) is 12.2 Å². The van der Waals surface area contributed by atoms with Crippen molar-refractivity contribution in [2.24, 2.45) is 0 Å². The molecule has 14 heavy (non-hydrogen) atoms. The highest BCUT2D eigenvalue weighted by atomic mass is 16.5. The molecule has 4 heteroatoms. The predicted molar refractivity (Wildman–Crippen MR) is 50.7 cm³/mol. The van der Waals surface area contributed by atoms with Gasteiger partial charge in [-0.2, -0.15) is 0 Å². The molecule has 0 amide bonds. The van der Waals surface area contributed by atoms with E-state index in [-0.39, 0.29) is 17.9 Å². The van der Waals surface area contributed by atoms with Crippen LogP contribution in [0.25, 0.3) is 0 Å². The standard InChI is InChI=1S/C10H12O4/c11-4-1-5-14-9-3-2-8(7-12)10(13)6-9/h2-3,6-7,11,13H,1,4-5H2. The summed E-state index contributed by atoms with van der Waals surface area (Å²) in [5, 5.41) is 17.8. The third-order valence-electron chi connectivity index (χ3n) is 1.70. The lowest BCUT2D eigenvalue weighted by atomic mass is 10.2. The van der Waals surface area contributed by atoms with Crippen LogP contribution in [0.3, 0.4) is 0 Å². The monoisotopic (exact) mass is 196 g/mol. The fourth-order valence-electron chi connectivity index (χ4n) is 0.967. The summed E-state index contributed by atoms with van der Waals surface area (Å²) in [4.78, 5) is 10.4. The highest BCUT2D eigenvalue weighted by molar-refractivity contribution is 5.79. The lowest BCUT2D eigenvalue weighted by molar-refractivity contribution is 0.112. The van der Waals surface area contributed by atoms with Crippen LogP contribution in [0.5, 0.6) is 11.5 Å². The Morgan fingerprint density at radius 1 is 1.43 bits per heavy atom. The summed E-state index contributed by atoms with van der Waals surface area (Å²) in [6.07, 6.45) is 1.11. The first kappa shape index (κ1) is 10.5. The first-order valence-corrected chi connectivity index (χ1v) is 4.30. The van der Waals surface area contributed by atoms with Crippen molar-refractivity contribution >= 4 is 6.29 Å². The fourth-order valence-corrected chi connectivity index (χ4v) is 0.967. The Labute approximate surface area is 81.8 Å². The Bertz CT molecular complexity index is 309. The summed E-state index contributed by atoms with van der Waals surface area (Å²) >= 11 is 0. The topological polar surface area (TPSA) is 66.8 Å². The van der Waals surface area contributed by atoms with Crippen molar-refractivity contribution in [3.63, 3.8) is 0 Å². The quantitative estimate of drug-likeness (QED) is 0.544. The molecule has 0 unspecified atom stereocenters. The number of carbonyl (C=O) groups excluding carboxylic acids is 1. The Morgan fingerprint density at radius 3 is 2.79 bits per heavy atom. The van der Waals surface area contributed by atoms with Gasteiger partial charge in [0, 0.05) is 19.1 Å². The maximum Gasteiger partial charge on any atom is 0.153 e. The first-order valence-electron chi connectivity index (χ1n) is 4.30. The van der Waals surface area contributed by atoms with Gasteiger partial charge in [0.25, 0.3) is 0 Å². The third-order valence-corrected chi connectivity index (χ3v) is 1.70. The third kappa shape index (κ3) is 2.74. The van der Waals surface area contributed by atoms with Crippen LogP contribution in [0, 0.1) is 0 Å². The van der Waals surface area contributed by atoms with Crippen LogP contribution < -0.4 is 4.74 Å². The number of aliphatic hydroxyl groups excluding tert-OH is 1. The zero-order valence-electron chi connectivity index (χ0n) is 7.64. The zero-order chi connectivity index (χ0) is 10.4. The molecular weight excluding hydrogens is 184 g/mol. The van der Waals surface area contributed by atoms with E-state index in [2.05, 4.69) is 0 Å². The average molecular weight is 196 g/mol. The maximum atomic E-state index is 10.4. The van der Waals surface area contributed by atoms with Gasteiger partial charge in [-0.25, -0.2) is 0 Å². The molecule has 0 aliphatic rings. The molecule has 1 aromatic carbocycles. The number of carbonyl (C=O) groups is 1. The van der Waals surface area contributed by atoms with E-state index in [0.29, 0.717) is 25.1 Å². The molecule has 0 radical (unpaired) electrons. The minimum absolute atomic E-state index is 0.0679. The van der Waals surface area contributed by atoms with Crippen LogP contribution in [-0.4, -0.2) is 29.7 Å². The first-order chi connectivity index (χ1) is 6.77. The number of aromatic hydroxyl groups is 1. The van der Waals surface area contributed by atoms with Gasteiger partial charge in [-0.1, -0.05) is 0 Å². The Kier molecular flexibility index (Phi) is 3.94. The molecule has 4 nitrogen and oxygen atoms in total. The van der Waals surface area contributed by atoms with Crippen molar-refractivity contribution in [2.75, 3.05) is 13.2 Å². The molecule has 0 atom stereocenters. The van der Waals surface area contributed by atoms with E-state index in [1.54, 1.807) is 6.07 Å². The Morgan fingerprint density at radius 2 is 2.21 bits per heavy atom. The Hall–Kier alpha value is -1.55. The van der Waals surface area contributed by atoms with Gasteiger partial charge in [-0.3, -0.25) is 4.79 Å². The van der Waals surface area contributed by atoms with Crippen molar-refractivity contribution in [1.82, 2.24) is 0 Å². The summed E-state index contributed by atoms with van der Waals surface area (Å²) in [6, 6.07) is 4.46. The summed E-state index contributed by atoms with van der Waals surface area (Å²) in [5.74, 6) is 0.392. The van der Waals surface area contributed by atoms with Crippen LogP contribution in [0.1, 0.15) is 16.8 Å². The number of aliphatic hydroxyl groups is 1. The summed E-state index contributed by atoms with van der Waals surface area (Å²) in [6.45, 7) is 0.453. The fraction of sp³-hybridized carbons (Fsp3) is 0.300. The van der Waals surface area contributed by atoms with Gasteiger partial charge in [0.15, 0.2) is 6.29 Å². The lowest BCUT2D eigenvalue weighted by Crippen LogP contribution is -1.99. The van der Waals surface area contributed by atoms with E-state index in [1.165, 1.54) is 12.1 Å². The number of hydrogen-bond acceptors (Lipinski definition) is 4. The van der Waals surface area contributed by atoms with E-state index >= 15 is 0 Å². The minimum atomic E-state index is -0.0958. The normalized spacial score (nSPS) is 9.79. The summed E-state index contributed by atoms with van der Waals surface area (Å²) in [7, 11) is 0. The Balaban J connectivity index is 2.62. The average Bonchev–Trinajstić information content (AvgIpc) is 2.18. The lowest BCUT2D eigenvalue weighted by Gasteiger charge is -2.05. The van der Waals surface area contributed by atoms with Crippen LogP contribution in [-0.2, 0) is 0 Å². The van der Waals surface area contributed by atoms with Crippen molar-refractivity contribution in [3.8, 4) is 11.5 Å². The van der Waals surface area contributed by atoms with E-state index in [9.17, 15) is 9.90 Å². The van der Waals surface area contributed by atoms with Crippen molar-refractivity contribution < 1.29 is 19.7 Å². The second kappa shape index (κ2) is 5.24. The number of aldehydes is 1. The molecule has 0 aliphatic heterocycles. The molecule has 76 valence electrons. The molecule has 0 fully saturated rings. The molecule has 0 saturated carbocycles. The molecule has 0 saturated heterocycles. The molecule has 1 aromatic rings. The molecule has 2 N–H and O–H groups in total. The van der Waals surface area contributed by atoms with E-state index in [1.807, 2.05) is 0 Å². The number of benzene rings is 1. The van der Waals surface area contributed by atoms with Gasteiger partial charge >= 0.3 is 0 Å². The molecule has 0 aromatic heterocycles. The van der Waals surface area contributed by atoms with Crippen LogP contribution in [0.4, 0.5) is 0 Å². The highest BCUT2D eigenvalue weighted by Gasteiger charge is 2.01. The molecule has 0 heterocycles. The minimum Gasteiger partial charge on any atom is -0.507 e. The van der Waals surface area contributed by atoms with Crippen LogP contribution in [0.2, 0.25) is 0 Å². The van der Waals surface area contributed by atoms with Gasteiger partial charge in [-0.15, -0.1) is 0 Å². The van der Waals surface area contributed by atoms with Crippen LogP contribution in [0.15, 0.2) is 18.2 Å². The number of hydrogen-bond donors (Lipinski definition) is 2. The molecule has 0 bridgehead atoms. The molecule has 0 aliphatic carbocycles. The predicted octanol–water partition coefficient (Wildman–Crippen LogP) is 0.966. The van der Waals surface area contributed by atoms with E-state index < -0.39 is 0 Å². The van der Waals surface area contributed by atoms with E-state index in [4.69, 9.17) is 9.84 Å². The van der Waals surface area contributed by atoms with Crippen molar-refractivity contribution in [2.45, 2.75) is 6.42 Å². The highest BCUT2D eigenvalue weighted by Crippen LogP contribution is 2.22. The van der Waals surface area contributed by atoms with Crippen molar-refractivity contribution in [3.05, 3.63) is 23.8 Å². The largest absolute Gasteiger partial charge is 0.507 e. The summed E-state index contributed by atoms with van der Waals surface area (Å²) < 4.78 is 5.19. The SMILES string of the molecule is O=Cc1ccc(OCCCO)cc1O. The second-order valence-electron chi connectivity index (χ2n) is 2.76. The number of rotatable bonds is 5. The van der Waals surface area contributed by atoms with Crippen LogP contribution >= 0.6 is 0 Å². The number of ether oxygens (including phenoxy) is 1. The van der Waals surface area contributed by atoms with Gasteiger partial charge in [0.1, 0.15) is 11.5 Å². The van der Waals surface area contributed by atoms with Gasteiger partial charge in [0.2, 0.25) is 0 Å². The van der Waals surface area contributed by atoms with Gasteiger partial charge in [-0.05, 0) is 12.1 Å².